The highest BCUT2D eigenvalue weighted by Gasteiger charge is 2.38. The first-order chi connectivity index (χ1) is 28.5. The van der Waals surface area contributed by atoms with Gasteiger partial charge in [0.05, 0.1) is 18.7 Å². The molecular formula is C42H56N4O14. The number of carboxylic acids is 5. The molecule has 0 aliphatic carbocycles. The van der Waals surface area contributed by atoms with Crippen LogP contribution in [0.5, 0.6) is 0 Å². The van der Waals surface area contributed by atoms with Gasteiger partial charge in [-0.25, -0.2) is 19.2 Å². The molecule has 2 fully saturated rings. The number of carbonyl (C=O) groups is 8. The highest BCUT2D eigenvalue weighted by atomic mass is 16.5. The number of likely N-dealkylation sites (tertiary alicyclic amines) is 2. The predicted molar refractivity (Wildman–Crippen MR) is 216 cm³/mol. The summed E-state index contributed by atoms with van der Waals surface area (Å²) in [5.41, 5.74) is 2.12. The van der Waals surface area contributed by atoms with Gasteiger partial charge in [0.15, 0.2) is 0 Å². The largest absolute Gasteiger partial charge is 0.480 e. The minimum absolute atomic E-state index is 0.262. The number of amides is 2. The normalized spacial score (nSPS) is 17.8. The second kappa shape index (κ2) is 26.1. The molecule has 2 aromatic carbocycles. The van der Waals surface area contributed by atoms with Crippen LogP contribution in [0.3, 0.4) is 0 Å². The Labute approximate surface area is 348 Å². The maximum atomic E-state index is 12.7. The fourth-order valence-electron chi connectivity index (χ4n) is 6.66. The first kappa shape index (κ1) is 50.0. The van der Waals surface area contributed by atoms with E-state index in [1.165, 1.54) is 9.80 Å². The van der Waals surface area contributed by atoms with E-state index in [9.17, 15) is 53.7 Å². The van der Waals surface area contributed by atoms with Gasteiger partial charge in [-0.2, -0.15) is 0 Å². The molecule has 2 aliphatic rings. The van der Waals surface area contributed by atoms with Gasteiger partial charge in [0.1, 0.15) is 24.2 Å². The maximum absolute atomic E-state index is 12.7. The van der Waals surface area contributed by atoms with Gasteiger partial charge in [0.25, 0.3) is 0 Å². The summed E-state index contributed by atoms with van der Waals surface area (Å²) in [7, 11) is 0. The molecule has 4 rings (SSSR count). The molecule has 18 nitrogen and oxygen atoms in total. The average molecular weight is 841 g/mol. The average Bonchev–Trinajstić information content (AvgIpc) is 3.92. The van der Waals surface area contributed by atoms with Gasteiger partial charge in [-0.15, -0.1) is 0 Å². The monoisotopic (exact) mass is 840 g/mol. The second-order valence-corrected chi connectivity index (χ2v) is 14.1. The third-order valence-corrected chi connectivity index (χ3v) is 9.65. The predicted octanol–water partition coefficient (Wildman–Crippen LogP) is 2.44. The van der Waals surface area contributed by atoms with Crippen LogP contribution in [0.2, 0.25) is 0 Å². The van der Waals surface area contributed by atoms with Gasteiger partial charge in [0, 0.05) is 25.2 Å². The standard InChI is InChI=1S/C20H28N2O5.C18H24N2O5.C4H4O4/c1-3-27-20(26)16(12-11-15-8-5-4-6-9-15)21-14(2)18(23)22-13-7-10-17(22)19(24)25;1-12(16(21)20-11-5-8-15(20)18(24)25)19-14(17(22)23)10-9-13-6-3-2-4-7-13;5-3(6)1-2-4(7)8/h4-6,8-9,14,16-17,21H,3,7,10-13H2,1-2H3,(H,24,25);2-4,6-7,12,14-15,19H,5,8-11H2,1H3,(H,22,23)(H,24,25);1-2H,(H,5,6)(H,7,8)/b;;2-1-/t14-,16-,17-;12-,14-,15-;/m00./s1. The molecule has 0 radical (unpaired) electrons. The molecule has 2 saturated heterocycles. The Hall–Kier alpha value is -6.14. The smallest absolute Gasteiger partial charge is 0.328 e. The summed E-state index contributed by atoms with van der Waals surface area (Å²) in [6.45, 7) is 6.06. The van der Waals surface area contributed by atoms with Crippen LogP contribution in [0.4, 0.5) is 0 Å². The summed E-state index contributed by atoms with van der Waals surface area (Å²) in [4.78, 5) is 93.4. The lowest BCUT2D eigenvalue weighted by Gasteiger charge is -2.27. The number of ether oxygens (including phenoxy) is 1. The van der Waals surface area contributed by atoms with Gasteiger partial charge in [-0.05, 0) is 83.3 Å². The molecule has 328 valence electrons. The van der Waals surface area contributed by atoms with E-state index in [2.05, 4.69) is 10.6 Å². The molecule has 0 bridgehead atoms. The van der Waals surface area contributed by atoms with Gasteiger partial charge in [-0.3, -0.25) is 29.8 Å². The third kappa shape index (κ3) is 17.4. The van der Waals surface area contributed by atoms with E-state index in [-0.39, 0.29) is 18.4 Å². The first-order valence-corrected chi connectivity index (χ1v) is 19.7. The van der Waals surface area contributed by atoms with Crippen LogP contribution < -0.4 is 10.6 Å². The second-order valence-electron chi connectivity index (χ2n) is 14.1. The molecule has 0 unspecified atom stereocenters. The van der Waals surface area contributed by atoms with Crippen LogP contribution in [-0.2, 0) is 55.9 Å². The Morgan fingerprint density at radius 1 is 0.650 bits per heavy atom. The Kier molecular flexibility index (Phi) is 21.7. The summed E-state index contributed by atoms with van der Waals surface area (Å²) in [6.07, 6.45) is 5.41. The maximum Gasteiger partial charge on any atom is 0.328 e. The van der Waals surface area contributed by atoms with E-state index < -0.39 is 72.1 Å². The van der Waals surface area contributed by atoms with E-state index >= 15 is 0 Å². The van der Waals surface area contributed by atoms with Crippen LogP contribution in [0.1, 0.15) is 70.4 Å². The van der Waals surface area contributed by atoms with Gasteiger partial charge >= 0.3 is 35.8 Å². The topological polar surface area (TPSA) is 277 Å². The number of esters is 1. The fraction of sp³-hybridized carbons (Fsp3) is 0.476. The molecule has 0 spiro atoms. The summed E-state index contributed by atoms with van der Waals surface area (Å²) in [6, 6.07) is 14.8. The molecule has 0 aromatic heterocycles. The van der Waals surface area contributed by atoms with E-state index in [1.54, 1.807) is 20.8 Å². The Bertz CT molecular complexity index is 1760. The lowest BCUT2D eigenvalue weighted by molar-refractivity contribution is -0.150. The van der Waals surface area contributed by atoms with Crippen molar-refractivity contribution in [1.29, 1.82) is 0 Å². The van der Waals surface area contributed by atoms with Gasteiger partial charge < -0.3 is 40.1 Å². The van der Waals surface area contributed by atoms with E-state index in [4.69, 9.17) is 14.9 Å². The van der Waals surface area contributed by atoms with Crippen molar-refractivity contribution in [3.8, 4) is 0 Å². The van der Waals surface area contributed by atoms with Gasteiger partial charge in [0.2, 0.25) is 11.8 Å². The molecule has 2 amide bonds. The van der Waals surface area contributed by atoms with Gasteiger partial charge in [-0.1, -0.05) is 60.7 Å². The number of nitrogens with zero attached hydrogens (tertiary/aromatic N) is 2. The summed E-state index contributed by atoms with van der Waals surface area (Å²) in [5, 5.41) is 49.4. The quantitative estimate of drug-likeness (QED) is 0.0790. The number of hydrogen-bond acceptors (Lipinski definition) is 11. The number of aliphatic carboxylic acids is 5. The van der Waals surface area contributed by atoms with Crippen molar-refractivity contribution in [2.75, 3.05) is 19.7 Å². The van der Waals surface area contributed by atoms with Crippen LogP contribution in [0.15, 0.2) is 72.8 Å². The molecule has 6 atom stereocenters. The minimum Gasteiger partial charge on any atom is -0.480 e. The zero-order chi connectivity index (χ0) is 44.8. The number of carbonyl (C=O) groups excluding carboxylic acids is 3. The summed E-state index contributed by atoms with van der Waals surface area (Å²) < 4.78 is 5.14. The number of hydrogen-bond donors (Lipinski definition) is 7. The molecular weight excluding hydrogens is 784 g/mol. The van der Waals surface area contributed by atoms with E-state index in [0.29, 0.717) is 76.6 Å². The van der Waals surface area contributed by atoms with Crippen LogP contribution in [0.25, 0.3) is 0 Å². The molecule has 2 aliphatic heterocycles. The minimum atomic E-state index is -1.26. The van der Waals surface area contributed by atoms with Crippen molar-refractivity contribution in [1.82, 2.24) is 20.4 Å². The molecule has 2 heterocycles. The molecule has 60 heavy (non-hydrogen) atoms. The number of nitrogens with one attached hydrogen (secondary N) is 2. The Morgan fingerprint density at radius 3 is 1.38 bits per heavy atom. The summed E-state index contributed by atoms with van der Waals surface area (Å²) >= 11 is 0. The van der Waals surface area contributed by atoms with Crippen molar-refractivity contribution in [3.05, 3.63) is 83.9 Å². The molecule has 0 saturated carbocycles. The van der Waals surface area contributed by atoms with Crippen molar-refractivity contribution in [2.24, 2.45) is 0 Å². The van der Waals surface area contributed by atoms with Crippen molar-refractivity contribution in [2.45, 2.75) is 108 Å². The zero-order valence-electron chi connectivity index (χ0n) is 34.0. The molecule has 18 heteroatoms. The number of benzene rings is 2. The highest BCUT2D eigenvalue weighted by Crippen LogP contribution is 2.20. The number of carboxylic acid groups (broad SMARTS) is 5. The molecule has 2 aromatic rings. The SMILES string of the molecule is CCOC(=O)[C@H](CCc1ccccc1)N[C@@H](C)C(=O)N1CCC[C@H]1C(=O)O.C[C@H](N[C@@H](CCc1ccccc1)C(=O)O)C(=O)N1CCC[C@H]1C(=O)O.O=C(O)/C=C\C(=O)O. The van der Waals surface area contributed by atoms with Crippen LogP contribution in [0, 0.1) is 0 Å². The van der Waals surface area contributed by atoms with E-state index in [1.807, 2.05) is 60.7 Å². The van der Waals surface area contributed by atoms with Crippen molar-refractivity contribution in [3.63, 3.8) is 0 Å². The zero-order valence-corrected chi connectivity index (χ0v) is 34.0. The van der Waals surface area contributed by atoms with E-state index in [0.717, 1.165) is 11.1 Å². The number of aryl methyl sites for hydroxylation is 2. The summed E-state index contributed by atoms with van der Waals surface area (Å²) in [5.74, 6) is -6.60. The fourth-order valence-corrected chi connectivity index (χ4v) is 6.66. The first-order valence-electron chi connectivity index (χ1n) is 19.7. The van der Waals surface area contributed by atoms with Crippen LogP contribution >= 0.6 is 0 Å². The van der Waals surface area contributed by atoms with Crippen LogP contribution in [-0.4, -0.2) is 139 Å². The third-order valence-electron chi connectivity index (χ3n) is 9.65. The lowest BCUT2D eigenvalue weighted by atomic mass is 10.0. The highest BCUT2D eigenvalue weighted by molar-refractivity contribution is 5.90. The van der Waals surface area contributed by atoms with Crippen molar-refractivity contribution >= 4 is 47.6 Å². The Balaban J connectivity index is 0.000000351. The number of rotatable bonds is 19. The van der Waals surface area contributed by atoms with Crippen molar-refractivity contribution < 1.29 is 68.6 Å². The Morgan fingerprint density at radius 2 is 1.03 bits per heavy atom. The molecule has 7 N–H and O–H groups in total. The lowest BCUT2D eigenvalue weighted by Crippen LogP contribution is -2.53.